The number of hydrogen-bond acceptors (Lipinski definition) is 4. The fourth-order valence-corrected chi connectivity index (χ4v) is 4.50. The lowest BCUT2D eigenvalue weighted by atomic mass is 9.92. The van der Waals surface area contributed by atoms with E-state index in [1.807, 2.05) is 20.0 Å². The second-order valence-electron chi connectivity index (χ2n) is 10.7. The molecule has 4 unspecified atom stereocenters. The molecule has 0 saturated carbocycles. The minimum Gasteiger partial charge on any atom is -0.376 e. The van der Waals surface area contributed by atoms with Gasteiger partial charge in [0.1, 0.15) is 6.04 Å². The lowest BCUT2D eigenvalue weighted by molar-refractivity contribution is -0.135. The lowest BCUT2D eigenvalue weighted by Gasteiger charge is -2.43. The van der Waals surface area contributed by atoms with E-state index in [0.29, 0.717) is 17.5 Å². The molecule has 0 spiro atoms. The van der Waals surface area contributed by atoms with Crippen LogP contribution in [0.2, 0.25) is 0 Å². The first-order valence-electron chi connectivity index (χ1n) is 12.5. The van der Waals surface area contributed by atoms with Gasteiger partial charge in [-0.2, -0.15) is 0 Å². The Hall–Kier alpha value is -1.62. The summed E-state index contributed by atoms with van der Waals surface area (Å²) in [6.07, 6.45) is 5.42. The van der Waals surface area contributed by atoms with Gasteiger partial charge in [0.2, 0.25) is 5.91 Å². The summed E-state index contributed by atoms with van der Waals surface area (Å²) in [4.78, 5) is 29.8. The van der Waals surface area contributed by atoms with E-state index in [0.717, 1.165) is 18.7 Å². The van der Waals surface area contributed by atoms with Crippen molar-refractivity contribution in [1.29, 1.82) is 0 Å². The molecule has 1 heterocycles. The number of allylic oxidation sites excluding steroid dienone is 1. The Morgan fingerprint density at radius 3 is 2.06 bits per heavy atom. The molecule has 0 aromatic heterocycles. The Morgan fingerprint density at radius 2 is 1.59 bits per heavy atom. The quantitative estimate of drug-likeness (QED) is 0.451. The Kier molecular flexibility index (Phi) is 11.2. The Bertz CT molecular complexity index is 680. The highest BCUT2D eigenvalue weighted by molar-refractivity contribution is 5.92. The topological polar surface area (TPSA) is 52.7 Å². The number of ketones is 1. The van der Waals surface area contributed by atoms with Crippen LogP contribution >= 0.6 is 0 Å². The molecular formula is C27H49N3O2. The summed E-state index contributed by atoms with van der Waals surface area (Å²) in [6.45, 7) is 24.0. The summed E-state index contributed by atoms with van der Waals surface area (Å²) >= 11 is 0. The molecule has 184 valence electrons. The molecule has 0 aromatic rings. The van der Waals surface area contributed by atoms with Gasteiger partial charge >= 0.3 is 0 Å². The van der Waals surface area contributed by atoms with Crippen LogP contribution < -0.4 is 5.32 Å². The maximum absolute atomic E-state index is 13.6. The Morgan fingerprint density at radius 1 is 1.00 bits per heavy atom. The molecule has 1 fully saturated rings. The van der Waals surface area contributed by atoms with Crippen LogP contribution in [-0.4, -0.2) is 59.3 Å². The first-order chi connectivity index (χ1) is 14.8. The predicted octanol–water partition coefficient (Wildman–Crippen LogP) is 5.03. The maximum atomic E-state index is 13.6. The monoisotopic (exact) mass is 447 g/mol. The average Bonchev–Trinajstić information content (AvgIpc) is 2.73. The van der Waals surface area contributed by atoms with Gasteiger partial charge < -0.3 is 10.2 Å². The van der Waals surface area contributed by atoms with Crippen molar-refractivity contribution >= 4 is 11.7 Å². The first-order valence-corrected chi connectivity index (χ1v) is 12.5. The van der Waals surface area contributed by atoms with Crippen molar-refractivity contribution in [3.8, 4) is 0 Å². The van der Waals surface area contributed by atoms with E-state index in [4.69, 9.17) is 0 Å². The van der Waals surface area contributed by atoms with E-state index in [1.54, 1.807) is 11.8 Å². The van der Waals surface area contributed by atoms with Gasteiger partial charge in [-0.05, 0) is 63.5 Å². The van der Waals surface area contributed by atoms with Gasteiger partial charge in [0.05, 0.1) is 6.04 Å². The minimum absolute atomic E-state index is 0.0417. The molecule has 0 aromatic carbocycles. The summed E-state index contributed by atoms with van der Waals surface area (Å²) in [5.41, 5.74) is 1.65. The lowest BCUT2D eigenvalue weighted by Crippen LogP contribution is -2.55. The molecule has 1 aliphatic rings. The Labute approximate surface area is 197 Å². The van der Waals surface area contributed by atoms with Crippen molar-refractivity contribution in [2.45, 2.75) is 106 Å². The molecule has 32 heavy (non-hydrogen) atoms. The van der Waals surface area contributed by atoms with Crippen molar-refractivity contribution < 1.29 is 9.59 Å². The van der Waals surface area contributed by atoms with Crippen LogP contribution in [0.15, 0.2) is 23.9 Å². The third kappa shape index (κ3) is 7.47. The highest BCUT2D eigenvalue weighted by Gasteiger charge is 2.34. The van der Waals surface area contributed by atoms with Crippen LogP contribution in [0.25, 0.3) is 0 Å². The number of nitrogens with zero attached hydrogens (tertiary/aromatic N) is 2. The summed E-state index contributed by atoms with van der Waals surface area (Å²) in [7, 11) is 1.85. The van der Waals surface area contributed by atoms with Gasteiger partial charge in [-0.3, -0.25) is 14.5 Å². The number of carbonyl (C=O) groups is 2. The molecule has 1 amide bonds. The van der Waals surface area contributed by atoms with Crippen LogP contribution in [0, 0.1) is 17.8 Å². The fourth-order valence-electron chi connectivity index (χ4n) is 4.50. The molecular weight excluding hydrogens is 398 g/mol. The summed E-state index contributed by atoms with van der Waals surface area (Å²) < 4.78 is 0. The SMILES string of the molecule is C=C(NC(C(=O)N(C)C(/C=C(\C)C(C)=O)C(C)C)C(C)C)C1CCCCN1C(C)C(C)C. The van der Waals surface area contributed by atoms with Gasteiger partial charge in [0.15, 0.2) is 5.78 Å². The zero-order valence-corrected chi connectivity index (χ0v) is 22.4. The number of Topliss-reactive ketones (excluding diaryl/α,β-unsaturated/α-hetero) is 1. The van der Waals surface area contributed by atoms with Crippen LogP contribution in [0.1, 0.15) is 81.6 Å². The van der Waals surface area contributed by atoms with E-state index in [2.05, 4.69) is 65.3 Å². The predicted molar refractivity (Wildman–Crippen MR) is 135 cm³/mol. The second-order valence-corrected chi connectivity index (χ2v) is 10.7. The molecule has 0 aliphatic carbocycles. The summed E-state index contributed by atoms with van der Waals surface area (Å²) in [5, 5.41) is 3.55. The van der Waals surface area contributed by atoms with Crippen molar-refractivity contribution in [1.82, 2.24) is 15.1 Å². The van der Waals surface area contributed by atoms with Crippen LogP contribution in [-0.2, 0) is 9.59 Å². The van der Waals surface area contributed by atoms with Gasteiger partial charge in [-0.15, -0.1) is 0 Å². The maximum Gasteiger partial charge on any atom is 0.245 e. The number of likely N-dealkylation sites (tertiary alicyclic amines) is 1. The zero-order valence-electron chi connectivity index (χ0n) is 22.4. The van der Waals surface area contributed by atoms with Crippen molar-refractivity contribution in [2.24, 2.45) is 17.8 Å². The highest BCUT2D eigenvalue weighted by Crippen LogP contribution is 2.27. The summed E-state index contributed by atoms with van der Waals surface area (Å²) in [6, 6.07) is 0.244. The standard InChI is InChI=1S/C27H49N3O2/c1-17(2)22(9)30-15-13-12-14-24(30)21(8)28-26(19(5)6)27(32)29(11)25(18(3)4)16-20(7)23(10)31/h16-19,22,24-26,28H,8,12-15H2,1-7,9-11H3/b20-16+. The summed E-state index contributed by atoms with van der Waals surface area (Å²) in [5.74, 6) is 0.980. The zero-order chi connectivity index (χ0) is 24.7. The molecule has 5 heteroatoms. The number of carbonyl (C=O) groups excluding carboxylic acids is 2. The van der Waals surface area contributed by atoms with E-state index in [9.17, 15) is 9.59 Å². The molecule has 4 atom stereocenters. The smallest absolute Gasteiger partial charge is 0.245 e. The number of amides is 1. The molecule has 0 radical (unpaired) electrons. The van der Waals surface area contributed by atoms with Crippen LogP contribution in [0.4, 0.5) is 0 Å². The molecule has 0 bridgehead atoms. The van der Waals surface area contributed by atoms with Gasteiger partial charge in [-0.25, -0.2) is 0 Å². The average molecular weight is 448 g/mol. The van der Waals surface area contributed by atoms with Crippen molar-refractivity contribution in [3.05, 3.63) is 23.9 Å². The minimum atomic E-state index is -0.349. The normalized spacial score (nSPS) is 20.9. The van der Waals surface area contributed by atoms with Crippen LogP contribution in [0.3, 0.4) is 0 Å². The first kappa shape index (κ1) is 28.4. The van der Waals surface area contributed by atoms with Gasteiger partial charge in [0.25, 0.3) is 0 Å². The molecule has 5 nitrogen and oxygen atoms in total. The fraction of sp³-hybridized carbons (Fsp3) is 0.778. The highest BCUT2D eigenvalue weighted by atomic mass is 16.2. The van der Waals surface area contributed by atoms with Gasteiger partial charge in [0, 0.05) is 24.8 Å². The Balaban J connectivity index is 3.08. The molecule has 1 rings (SSSR count). The third-order valence-electron chi connectivity index (χ3n) is 7.16. The van der Waals surface area contributed by atoms with Crippen LogP contribution in [0.5, 0.6) is 0 Å². The number of piperidine rings is 1. The van der Waals surface area contributed by atoms with E-state index in [-0.39, 0.29) is 41.7 Å². The van der Waals surface area contributed by atoms with Crippen molar-refractivity contribution in [3.63, 3.8) is 0 Å². The second kappa shape index (κ2) is 12.6. The van der Waals surface area contributed by atoms with Gasteiger partial charge in [-0.1, -0.05) is 60.6 Å². The molecule has 1 aliphatic heterocycles. The largest absolute Gasteiger partial charge is 0.376 e. The molecule has 1 saturated heterocycles. The third-order valence-corrected chi connectivity index (χ3v) is 7.16. The number of hydrogen-bond donors (Lipinski definition) is 1. The van der Waals surface area contributed by atoms with E-state index < -0.39 is 0 Å². The number of rotatable bonds is 11. The van der Waals surface area contributed by atoms with E-state index in [1.165, 1.54) is 12.8 Å². The molecule has 1 N–H and O–H groups in total. The number of nitrogens with one attached hydrogen (secondary N) is 1. The number of likely N-dealkylation sites (N-methyl/N-ethyl adjacent to an activating group) is 1. The van der Waals surface area contributed by atoms with E-state index >= 15 is 0 Å². The van der Waals surface area contributed by atoms with Crippen molar-refractivity contribution in [2.75, 3.05) is 13.6 Å².